The number of amides is 2. The Morgan fingerprint density at radius 3 is 2.13 bits per heavy atom. The van der Waals surface area contributed by atoms with Gasteiger partial charge < -0.3 is 24.6 Å². The molecule has 0 heterocycles. The van der Waals surface area contributed by atoms with Crippen molar-refractivity contribution >= 4 is 35.6 Å². The summed E-state index contributed by atoms with van der Waals surface area (Å²) in [5, 5.41) is 13.5. The fourth-order valence-corrected chi connectivity index (χ4v) is 2.05. The van der Waals surface area contributed by atoms with Crippen LogP contribution >= 0.6 is 0 Å². The van der Waals surface area contributed by atoms with Crippen LogP contribution in [0.1, 0.15) is 37.6 Å². The molecule has 0 saturated heterocycles. The van der Waals surface area contributed by atoms with E-state index in [1.165, 1.54) is 31.4 Å². The molecular weight excluding hydrogens is 400 g/mol. The lowest BCUT2D eigenvalue weighted by Crippen LogP contribution is -2.45. The molecule has 0 spiro atoms. The lowest BCUT2D eigenvalue weighted by Gasteiger charge is -2.22. The van der Waals surface area contributed by atoms with Gasteiger partial charge in [-0.15, -0.1) is 0 Å². The molecule has 2 amide bonds. The Hall–Kier alpha value is -3.63. The third-order valence-corrected chi connectivity index (χ3v) is 3.34. The molecule has 164 valence electrons. The topological polar surface area (TPSA) is 157 Å². The molecule has 0 aliphatic heterocycles. The Morgan fingerprint density at radius 1 is 1.03 bits per heavy atom. The highest BCUT2D eigenvalue weighted by atomic mass is 16.6. The summed E-state index contributed by atoms with van der Waals surface area (Å²) in [6, 6.07) is 4.16. The van der Waals surface area contributed by atoms with E-state index in [2.05, 4.69) is 15.4 Å². The van der Waals surface area contributed by atoms with Crippen LogP contribution < -0.4 is 10.6 Å². The van der Waals surface area contributed by atoms with Gasteiger partial charge in [0.1, 0.15) is 11.6 Å². The minimum absolute atomic E-state index is 0.188. The molecule has 0 saturated carbocycles. The Labute approximate surface area is 172 Å². The van der Waals surface area contributed by atoms with Crippen LogP contribution in [0.15, 0.2) is 24.3 Å². The summed E-state index contributed by atoms with van der Waals surface area (Å²) in [4.78, 5) is 58.2. The molecule has 0 aliphatic carbocycles. The lowest BCUT2D eigenvalue weighted by atomic mass is 10.1. The van der Waals surface area contributed by atoms with Crippen molar-refractivity contribution in [3.05, 3.63) is 29.8 Å². The van der Waals surface area contributed by atoms with Gasteiger partial charge >= 0.3 is 24.1 Å². The zero-order valence-corrected chi connectivity index (χ0v) is 17.0. The number of ketones is 1. The number of nitrogens with one attached hydrogen (secondary N) is 2. The summed E-state index contributed by atoms with van der Waals surface area (Å²) in [6.45, 7) is 4.12. The minimum atomic E-state index is -1.53. The molecule has 1 rings (SSSR count). The highest BCUT2D eigenvalue weighted by Gasteiger charge is 2.28. The van der Waals surface area contributed by atoms with E-state index in [1.807, 2.05) is 0 Å². The van der Waals surface area contributed by atoms with Gasteiger partial charge in [-0.2, -0.15) is 0 Å². The zero-order valence-electron chi connectivity index (χ0n) is 17.0. The molecular formula is C19H24N2O9. The van der Waals surface area contributed by atoms with E-state index >= 15 is 0 Å². The molecule has 1 aromatic carbocycles. The van der Waals surface area contributed by atoms with Gasteiger partial charge in [-0.05, 0) is 45.0 Å². The number of rotatable bonds is 8. The second-order valence-corrected chi connectivity index (χ2v) is 7.02. The van der Waals surface area contributed by atoms with Crippen LogP contribution in [0.3, 0.4) is 0 Å². The predicted octanol–water partition coefficient (Wildman–Crippen LogP) is 1.96. The monoisotopic (exact) mass is 424 g/mol. The lowest BCUT2D eigenvalue weighted by molar-refractivity contribution is -0.149. The van der Waals surface area contributed by atoms with Crippen LogP contribution in [0.2, 0.25) is 0 Å². The van der Waals surface area contributed by atoms with Crippen LogP contribution in [-0.2, 0) is 23.8 Å². The van der Waals surface area contributed by atoms with Gasteiger partial charge in [-0.3, -0.25) is 14.9 Å². The van der Waals surface area contributed by atoms with Gasteiger partial charge in [0.2, 0.25) is 0 Å². The van der Waals surface area contributed by atoms with Gasteiger partial charge in [-0.1, -0.05) is 0 Å². The van der Waals surface area contributed by atoms with Crippen molar-refractivity contribution in [3.8, 4) is 0 Å². The summed E-state index contributed by atoms with van der Waals surface area (Å²) in [7, 11) is 1.21. The number of carboxylic acid groups (broad SMARTS) is 1. The van der Waals surface area contributed by atoms with Gasteiger partial charge in [-0.25, -0.2) is 14.4 Å². The SMILES string of the molecule is COC(=O)Nc1ccc(C(=O)COC(=O)C(CC(=O)O)NC(=O)OC(C)(C)C)cc1. The van der Waals surface area contributed by atoms with Crippen molar-refractivity contribution in [1.82, 2.24) is 5.32 Å². The summed E-state index contributed by atoms with van der Waals surface area (Å²) >= 11 is 0. The number of ether oxygens (including phenoxy) is 3. The molecule has 0 aromatic heterocycles. The number of carbonyl (C=O) groups excluding carboxylic acids is 4. The quantitative estimate of drug-likeness (QED) is 0.322. The van der Waals surface area contributed by atoms with Crippen molar-refractivity contribution in [1.29, 1.82) is 0 Å². The maximum atomic E-state index is 12.2. The third kappa shape index (κ3) is 9.04. The maximum Gasteiger partial charge on any atom is 0.411 e. The van der Waals surface area contributed by atoms with E-state index in [-0.39, 0.29) is 5.56 Å². The predicted molar refractivity (Wildman–Crippen MR) is 103 cm³/mol. The zero-order chi connectivity index (χ0) is 22.9. The van der Waals surface area contributed by atoms with Crippen LogP contribution in [0, 0.1) is 0 Å². The Morgan fingerprint density at radius 2 is 1.63 bits per heavy atom. The van der Waals surface area contributed by atoms with E-state index in [4.69, 9.17) is 14.6 Å². The maximum absolute atomic E-state index is 12.2. The minimum Gasteiger partial charge on any atom is -0.481 e. The molecule has 0 bridgehead atoms. The first-order valence-electron chi connectivity index (χ1n) is 8.77. The molecule has 1 atom stereocenters. The number of aliphatic carboxylic acids is 1. The highest BCUT2D eigenvalue weighted by Crippen LogP contribution is 2.11. The van der Waals surface area contributed by atoms with Crippen molar-refractivity contribution in [2.45, 2.75) is 38.8 Å². The van der Waals surface area contributed by atoms with Crippen LogP contribution in [0.25, 0.3) is 0 Å². The number of anilines is 1. The Bertz CT molecular complexity index is 797. The number of carboxylic acids is 1. The number of Topliss-reactive ketones (excluding diaryl/α,β-unsaturated/α-hetero) is 1. The first kappa shape index (κ1) is 24.4. The van der Waals surface area contributed by atoms with E-state index in [9.17, 15) is 24.0 Å². The van der Waals surface area contributed by atoms with Crippen LogP contribution in [0.4, 0.5) is 15.3 Å². The van der Waals surface area contributed by atoms with E-state index in [0.717, 1.165) is 0 Å². The second kappa shape index (κ2) is 10.8. The van der Waals surface area contributed by atoms with Gasteiger partial charge in [0.05, 0.1) is 13.5 Å². The average molecular weight is 424 g/mol. The Kier molecular flexibility index (Phi) is 8.78. The van der Waals surface area contributed by atoms with E-state index in [0.29, 0.717) is 5.69 Å². The number of methoxy groups -OCH3 is 1. The molecule has 0 radical (unpaired) electrons. The van der Waals surface area contributed by atoms with E-state index < -0.39 is 54.6 Å². The van der Waals surface area contributed by atoms with Crippen molar-refractivity contribution < 1.29 is 43.3 Å². The number of esters is 1. The fourth-order valence-electron chi connectivity index (χ4n) is 2.05. The van der Waals surface area contributed by atoms with Crippen LogP contribution in [0.5, 0.6) is 0 Å². The molecule has 1 aromatic rings. The molecule has 0 fully saturated rings. The number of alkyl carbamates (subject to hydrolysis) is 1. The molecule has 1 unspecified atom stereocenters. The Balaban J connectivity index is 2.68. The fraction of sp³-hybridized carbons (Fsp3) is 0.421. The molecule has 11 heteroatoms. The van der Waals surface area contributed by atoms with Crippen molar-refractivity contribution in [2.75, 3.05) is 19.0 Å². The van der Waals surface area contributed by atoms with Gasteiger partial charge in [0.15, 0.2) is 12.4 Å². The number of carbonyl (C=O) groups is 5. The number of hydrogen-bond acceptors (Lipinski definition) is 8. The van der Waals surface area contributed by atoms with Crippen LogP contribution in [-0.4, -0.2) is 60.4 Å². The summed E-state index contributed by atoms with van der Waals surface area (Å²) < 4.78 is 14.3. The third-order valence-electron chi connectivity index (χ3n) is 3.34. The standard InChI is InChI=1S/C19H24N2O9/c1-19(2,3)30-18(27)21-13(9-15(23)24)16(25)29-10-14(22)11-5-7-12(8-6-11)20-17(26)28-4/h5-8,13H,9-10H2,1-4H3,(H,20,26)(H,21,27)(H,23,24). The summed E-state index contributed by atoms with van der Waals surface area (Å²) in [5.74, 6) is -3.02. The van der Waals surface area contributed by atoms with Gasteiger partial charge in [0, 0.05) is 11.3 Å². The number of hydrogen-bond donors (Lipinski definition) is 3. The normalized spacial score (nSPS) is 11.6. The first-order chi connectivity index (χ1) is 13.9. The highest BCUT2D eigenvalue weighted by molar-refractivity contribution is 5.99. The molecule has 3 N–H and O–H groups in total. The average Bonchev–Trinajstić information content (AvgIpc) is 2.63. The second-order valence-electron chi connectivity index (χ2n) is 7.02. The molecule has 11 nitrogen and oxygen atoms in total. The smallest absolute Gasteiger partial charge is 0.411 e. The van der Waals surface area contributed by atoms with Crippen molar-refractivity contribution in [3.63, 3.8) is 0 Å². The molecule has 0 aliphatic rings. The first-order valence-corrected chi connectivity index (χ1v) is 8.77. The van der Waals surface area contributed by atoms with Crippen molar-refractivity contribution in [2.24, 2.45) is 0 Å². The largest absolute Gasteiger partial charge is 0.481 e. The van der Waals surface area contributed by atoms with Gasteiger partial charge in [0.25, 0.3) is 0 Å². The molecule has 30 heavy (non-hydrogen) atoms. The summed E-state index contributed by atoms with van der Waals surface area (Å²) in [6.07, 6.45) is -2.42. The number of benzene rings is 1. The van der Waals surface area contributed by atoms with E-state index in [1.54, 1.807) is 20.8 Å². The summed E-state index contributed by atoms with van der Waals surface area (Å²) in [5.41, 5.74) is -0.279.